The van der Waals surface area contributed by atoms with Crippen LogP contribution in [0.1, 0.15) is 13.3 Å². The van der Waals surface area contributed by atoms with Crippen LogP contribution in [-0.2, 0) is 23.9 Å². The van der Waals surface area contributed by atoms with Crippen molar-refractivity contribution in [3.8, 4) is 0 Å². The van der Waals surface area contributed by atoms with Gasteiger partial charge in [0.15, 0.2) is 11.4 Å². The van der Waals surface area contributed by atoms with Crippen LogP contribution < -0.4 is 11.5 Å². The van der Waals surface area contributed by atoms with E-state index in [1.807, 2.05) is 0 Å². The van der Waals surface area contributed by atoms with E-state index in [0.717, 1.165) is 6.92 Å². The summed E-state index contributed by atoms with van der Waals surface area (Å²) in [7, 11) is 0. The number of nitrogens with two attached hydrogens (primary N) is 2. The maximum Gasteiger partial charge on any atom is 0.377 e. The average Bonchev–Trinajstić information content (AvgIpc) is 2.77. The molecule has 10 atom stereocenters. The molecule has 1 saturated heterocycles. The first-order valence-corrected chi connectivity index (χ1v) is 9.61. The Bertz CT molecular complexity index is 724. The molecule has 0 bridgehead atoms. The molecule has 0 spiro atoms. The average molecular weight is 486 g/mol. The number of esters is 1. The van der Waals surface area contributed by atoms with Crippen molar-refractivity contribution in [3.05, 3.63) is 0 Å². The topological polar surface area (TPSA) is 304 Å². The van der Waals surface area contributed by atoms with E-state index in [9.17, 15) is 55.2 Å². The first kappa shape index (κ1) is 29.2. The number of carbonyl (C=O) groups excluding carboxylic acids is 2. The number of hydrogen-bond donors (Lipinski definition) is 11. The maximum absolute atomic E-state index is 13.3. The van der Waals surface area contributed by atoms with Gasteiger partial charge in [-0.25, -0.2) is 4.79 Å². The van der Waals surface area contributed by atoms with Gasteiger partial charge in [0.25, 0.3) is 0 Å². The molecule has 192 valence electrons. The van der Waals surface area contributed by atoms with E-state index < -0.39 is 97.5 Å². The summed E-state index contributed by atoms with van der Waals surface area (Å²) in [5, 5.41) is 88.5. The lowest BCUT2D eigenvalue weighted by atomic mass is 9.72. The van der Waals surface area contributed by atoms with Crippen LogP contribution in [0.2, 0.25) is 0 Å². The zero-order valence-electron chi connectivity index (χ0n) is 17.5. The zero-order valence-corrected chi connectivity index (χ0v) is 17.5. The minimum Gasteiger partial charge on any atom is -0.476 e. The number of Topliss-reactive ketones (excluding diaryl/α,β-unsaturated/α-hetero) is 1. The number of aliphatic hydroxyl groups is 8. The van der Waals surface area contributed by atoms with Gasteiger partial charge in [0.05, 0.1) is 37.8 Å². The molecule has 0 saturated carbocycles. The monoisotopic (exact) mass is 486 g/mol. The second-order valence-electron chi connectivity index (χ2n) is 7.66. The number of hydrogen-bond acceptors (Lipinski definition) is 15. The van der Waals surface area contributed by atoms with Gasteiger partial charge < -0.3 is 66.9 Å². The molecule has 0 aromatic heterocycles. The molecule has 0 unspecified atom stereocenters. The van der Waals surface area contributed by atoms with Crippen molar-refractivity contribution in [3.63, 3.8) is 0 Å². The number of aliphatic hydroxyl groups excluding tert-OH is 8. The quantitative estimate of drug-likeness (QED) is 0.121. The molecule has 1 aliphatic rings. The van der Waals surface area contributed by atoms with Gasteiger partial charge in [0, 0.05) is 6.92 Å². The van der Waals surface area contributed by atoms with Crippen molar-refractivity contribution in [2.45, 2.75) is 73.4 Å². The number of aliphatic carboxylic acids is 1. The predicted octanol–water partition coefficient (Wildman–Crippen LogP) is -7.14. The summed E-state index contributed by atoms with van der Waals surface area (Å²) in [5.74, 6) is -8.16. The molecule has 0 amide bonds. The van der Waals surface area contributed by atoms with Crippen molar-refractivity contribution in [1.82, 2.24) is 0 Å². The van der Waals surface area contributed by atoms with Crippen molar-refractivity contribution in [1.29, 1.82) is 0 Å². The lowest BCUT2D eigenvalue weighted by molar-refractivity contribution is -0.324. The van der Waals surface area contributed by atoms with Gasteiger partial charge >= 0.3 is 17.7 Å². The molecule has 16 heteroatoms. The molecule has 1 fully saturated rings. The zero-order chi connectivity index (χ0) is 25.9. The molecular weight excluding hydrogens is 456 g/mol. The maximum atomic E-state index is 13.3. The Morgan fingerprint density at radius 2 is 1.58 bits per heavy atom. The van der Waals surface area contributed by atoms with Gasteiger partial charge in [-0.3, -0.25) is 9.59 Å². The number of rotatable bonds is 11. The fourth-order valence-electron chi connectivity index (χ4n) is 3.51. The van der Waals surface area contributed by atoms with Gasteiger partial charge in [-0.1, -0.05) is 0 Å². The molecule has 1 rings (SSSR count). The SMILES string of the molecule is CC(=O)O[C@@]1(C(=O)O)C[C@H](O)[C@@H](N)[C@@](C(=O)[C@H](N)[C@@H](O)[C@H](O)[C@H](O)CO)([C@H](O)[C@H](O)CO)O1. The predicted molar refractivity (Wildman–Crippen MR) is 102 cm³/mol. The van der Waals surface area contributed by atoms with Crippen LogP contribution in [0.25, 0.3) is 0 Å². The van der Waals surface area contributed by atoms with Gasteiger partial charge in [-0.05, 0) is 0 Å². The van der Waals surface area contributed by atoms with E-state index in [2.05, 4.69) is 4.74 Å². The van der Waals surface area contributed by atoms with Crippen molar-refractivity contribution < 1.29 is 69.8 Å². The fraction of sp³-hybridized carbons (Fsp3) is 0.824. The summed E-state index contributed by atoms with van der Waals surface area (Å²) in [5.41, 5.74) is 8.24. The van der Waals surface area contributed by atoms with Crippen molar-refractivity contribution in [2.75, 3.05) is 13.2 Å². The van der Waals surface area contributed by atoms with Gasteiger partial charge in [0.2, 0.25) is 0 Å². The Hall–Kier alpha value is -1.83. The highest BCUT2D eigenvalue weighted by Crippen LogP contribution is 2.41. The Labute approximate surface area is 186 Å². The minimum absolute atomic E-state index is 0.763. The Morgan fingerprint density at radius 1 is 1.06 bits per heavy atom. The smallest absolute Gasteiger partial charge is 0.377 e. The molecule has 13 N–H and O–H groups in total. The summed E-state index contributed by atoms with van der Waals surface area (Å²) in [6, 6.07) is -4.43. The second-order valence-corrected chi connectivity index (χ2v) is 7.66. The van der Waals surface area contributed by atoms with Crippen LogP contribution in [0.4, 0.5) is 0 Å². The van der Waals surface area contributed by atoms with E-state index in [-0.39, 0.29) is 0 Å². The Kier molecular flexibility index (Phi) is 9.79. The highest BCUT2D eigenvalue weighted by Gasteiger charge is 2.68. The molecule has 1 aliphatic heterocycles. The molecule has 0 radical (unpaired) electrons. The van der Waals surface area contributed by atoms with Crippen LogP contribution >= 0.6 is 0 Å². The van der Waals surface area contributed by atoms with E-state index in [4.69, 9.17) is 21.3 Å². The summed E-state index contributed by atoms with van der Waals surface area (Å²) in [6.07, 6.45) is -14.6. The molecule has 1 heterocycles. The highest BCUT2D eigenvalue weighted by atomic mass is 16.7. The van der Waals surface area contributed by atoms with E-state index >= 15 is 0 Å². The number of carboxylic acids is 1. The third kappa shape index (κ3) is 5.47. The molecule has 0 aromatic carbocycles. The summed E-state index contributed by atoms with van der Waals surface area (Å²) >= 11 is 0. The Balaban J connectivity index is 3.70. The molecule has 16 nitrogen and oxygen atoms in total. The molecule has 0 aromatic rings. The highest BCUT2D eigenvalue weighted by molar-refractivity contribution is 5.95. The standard InChI is InChI=1S/C17H30N2O14/c1-5(22)32-16(15(30)31)2-6(23)12(19)17(33-16,13(28)8(25)4-21)14(29)9(18)11(27)10(26)7(24)3-20/h6-13,20-21,23-28H,2-4,18-19H2,1H3,(H,30,31)/t6-,7+,8+,9+,10+,11+,12+,13+,16-,17-/m0/s1. The number of carbonyl (C=O) groups is 3. The van der Waals surface area contributed by atoms with Crippen LogP contribution in [-0.4, -0.2) is 137 Å². The molecule has 33 heavy (non-hydrogen) atoms. The first-order chi connectivity index (χ1) is 15.1. The van der Waals surface area contributed by atoms with Gasteiger partial charge in [-0.2, -0.15) is 0 Å². The number of ether oxygens (including phenoxy) is 2. The van der Waals surface area contributed by atoms with Crippen molar-refractivity contribution >= 4 is 17.7 Å². The second kappa shape index (κ2) is 11.1. The minimum atomic E-state index is -3.24. The van der Waals surface area contributed by atoms with E-state index in [1.54, 1.807) is 0 Å². The van der Waals surface area contributed by atoms with Crippen LogP contribution in [0.3, 0.4) is 0 Å². The normalized spacial score (nSPS) is 33.3. The van der Waals surface area contributed by atoms with E-state index in [1.165, 1.54) is 0 Å². The summed E-state index contributed by atoms with van der Waals surface area (Å²) in [4.78, 5) is 36.8. The fourth-order valence-corrected chi connectivity index (χ4v) is 3.51. The largest absolute Gasteiger partial charge is 0.476 e. The van der Waals surface area contributed by atoms with Gasteiger partial charge in [-0.15, -0.1) is 0 Å². The van der Waals surface area contributed by atoms with Gasteiger partial charge in [0.1, 0.15) is 30.5 Å². The Morgan fingerprint density at radius 3 is 2.00 bits per heavy atom. The van der Waals surface area contributed by atoms with Crippen LogP contribution in [0, 0.1) is 0 Å². The van der Waals surface area contributed by atoms with Crippen molar-refractivity contribution in [2.24, 2.45) is 11.5 Å². The summed E-state index contributed by atoms with van der Waals surface area (Å²) in [6.45, 7) is -1.54. The molecule has 0 aliphatic carbocycles. The number of carboxylic acid groups (broad SMARTS) is 1. The van der Waals surface area contributed by atoms with Crippen LogP contribution in [0.5, 0.6) is 0 Å². The number of ketones is 1. The third-order valence-corrected chi connectivity index (χ3v) is 5.33. The van der Waals surface area contributed by atoms with Crippen LogP contribution in [0.15, 0.2) is 0 Å². The summed E-state index contributed by atoms with van der Waals surface area (Å²) < 4.78 is 9.88. The first-order valence-electron chi connectivity index (χ1n) is 9.61. The third-order valence-electron chi connectivity index (χ3n) is 5.33. The lowest BCUT2D eigenvalue weighted by Gasteiger charge is -2.52. The van der Waals surface area contributed by atoms with E-state index in [0.29, 0.717) is 0 Å². The molecular formula is C17H30N2O14. The lowest BCUT2D eigenvalue weighted by Crippen LogP contribution is -2.79.